The van der Waals surface area contributed by atoms with Crippen molar-refractivity contribution in [3.8, 4) is 11.8 Å². The number of benzene rings is 2. The topological polar surface area (TPSA) is 133 Å². The Labute approximate surface area is 184 Å². The van der Waals surface area contributed by atoms with Crippen LogP contribution in [0.3, 0.4) is 0 Å². The molecule has 0 bridgehead atoms. The summed E-state index contributed by atoms with van der Waals surface area (Å²) in [6.45, 7) is 3.80. The third kappa shape index (κ3) is 3.56. The van der Waals surface area contributed by atoms with Crippen molar-refractivity contribution >= 4 is 28.1 Å². The van der Waals surface area contributed by atoms with E-state index in [1.165, 1.54) is 6.33 Å². The van der Waals surface area contributed by atoms with Gasteiger partial charge in [0.05, 0.1) is 17.0 Å². The van der Waals surface area contributed by atoms with Gasteiger partial charge >= 0.3 is 0 Å². The normalized spacial score (nSPS) is 11.7. The average molecular weight is 423 g/mol. The first-order valence-electron chi connectivity index (χ1n) is 9.99. The molecule has 8 heteroatoms. The Balaban J connectivity index is 1.92. The van der Waals surface area contributed by atoms with Crippen LogP contribution in [0.2, 0.25) is 0 Å². The van der Waals surface area contributed by atoms with E-state index in [4.69, 9.17) is 11.1 Å². The second-order valence-corrected chi connectivity index (χ2v) is 7.42. The van der Waals surface area contributed by atoms with E-state index in [2.05, 4.69) is 15.3 Å². The number of nitrogens with two attached hydrogens (primary N) is 1. The smallest absolute Gasteiger partial charge is 0.263 e. The fraction of sp³-hybridized carbons (Fsp3) is 0.125. The van der Waals surface area contributed by atoms with Gasteiger partial charge in [0.25, 0.3) is 5.56 Å². The largest absolute Gasteiger partial charge is 0.383 e. The zero-order valence-corrected chi connectivity index (χ0v) is 17.6. The minimum absolute atomic E-state index is 0.0378. The lowest BCUT2D eigenvalue weighted by Gasteiger charge is -2.22. The van der Waals surface area contributed by atoms with E-state index in [0.29, 0.717) is 11.1 Å². The van der Waals surface area contributed by atoms with Crippen LogP contribution in [0.15, 0.2) is 65.7 Å². The van der Waals surface area contributed by atoms with Crippen LogP contribution in [0.1, 0.15) is 29.8 Å². The van der Waals surface area contributed by atoms with Gasteiger partial charge in [0.1, 0.15) is 29.7 Å². The maximum atomic E-state index is 13.6. The predicted octanol–water partition coefficient (Wildman–Crippen LogP) is 3.74. The molecule has 4 rings (SSSR count). The highest BCUT2D eigenvalue weighted by molar-refractivity contribution is 6.15. The van der Waals surface area contributed by atoms with E-state index < -0.39 is 6.04 Å². The SMILES string of the molecule is Cc1cccc2cc(C(C)Nc3ncnc(N)c3C(=N)C#N)n(-c3ccccc3)c(=O)c12. The summed E-state index contributed by atoms with van der Waals surface area (Å²) in [5.74, 6) is 0.295. The van der Waals surface area contributed by atoms with Crippen molar-refractivity contribution in [2.24, 2.45) is 0 Å². The maximum absolute atomic E-state index is 13.6. The summed E-state index contributed by atoms with van der Waals surface area (Å²) >= 11 is 0. The van der Waals surface area contributed by atoms with Gasteiger partial charge in [-0.1, -0.05) is 36.4 Å². The number of hydrogen-bond donors (Lipinski definition) is 3. The molecule has 0 aliphatic rings. The minimum atomic E-state index is -0.410. The number of pyridine rings is 1. The summed E-state index contributed by atoms with van der Waals surface area (Å²) in [5, 5.41) is 21.8. The van der Waals surface area contributed by atoms with E-state index in [1.807, 2.05) is 68.4 Å². The zero-order chi connectivity index (χ0) is 22.8. The molecule has 4 aromatic rings. The number of para-hydroxylation sites is 1. The molecule has 1 unspecified atom stereocenters. The lowest BCUT2D eigenvalue weighted by molar-refractivity contribution is 0.772. The number of nitrogen functional groups attached to an aromatic ring is 1. The second kappa shape index (κ2) is 8.32. The molecule has 0 saturated heterocycles. The number of nitrogens with one attached hydrogen (secondary N) is 2. The van der Waals surface area contributed by atoms with Gasteiger partial charge < -0.3 is 11.1 Å². The molecule has 32 heavy (non-hydrogen) atoms. The second-order valence-electron chi connectivity index (χ2n) is 7.42. The molecule has 0 radical (unpaired) electrons. The summed E-state index contributed by atoms with van der Waals surface area (Å²) in [7, 11) is 0. The number of aromatic nitrogens is 3. The monoisotopic (exact) mass is 423 g/mol. The van der Waals surface area contributed by atoms with Gasteiger partial charge in [0.2, 0.25) is 0 Å². The van der Waals surface area contributed by atoms with Gasteiger partial charge in [0.15, 0.2) is 0 Å². The van der Waals surface area contributed by atoms with Crippen LogP contribution in [-0.4, -0.2) is 20.2 Å². The van der Waals surface area contributed by atoms with E-state index >= 15 is 0 Å². The van der Waals surface area contributed by atoms with Crippen molar-refractivity contribution < 1.29 is 0 Å². The van der Waals surface area contributed by atoms with Crippen molar-refractivity contribution in [2.45, 2.75) is 19.9 Å². The molecule has 0 aliphatic carbocycles. The Morgan fingerprint density at radius 3 is 2.66 bits per heavy atom. The molecule has 0 fully saturated rings. The summed E-state index contributed by atoms with van der Waals surface area (Å²) in [6, 6.07) is 18.5. The standard InChI is InChI=1S/C24H21N7O/c1-14-7-6-8-16-11-19(31(24(32)20(14)16)17-9-4-3-5-10-17)15(2)30-23-21(18(26)12-25)22(27)28-13-29-23/h3-11,13,15,26H,1-2H3,(H3,27,28,29,30). The summed E-state index contributed by atoms with van der Waals surface area (Å²) in [6.07, 6.45) is 1.27. The highest BCUT2D eigenvalue weighted by atomic mass is 16.1. The number of aryl methyl sites for hydroxylation is 1. The Kier molecular flexibility index (Phi) is 5.39. The van der Waals surface area contributed by atoms with E-state index in [9.17, 15) is 10.1 Å². The maximum Gasteiger partial charge on any atom is 0.263 e. The van der Waals surface area contributed by atoms with Gasteiger partial charge in [-0.25, -0.2) is 9.97 Å². The first kappa shape index (κ1) is 20.8. The first-order chi connectivity index (χ1) is 15.4. The Hall–Kier alpha value is -4.51. The Bertz CT molecular complexity index is 1430. The summed E-state index contributed by atoms with van der Waals surface area (Å²) < 4.78 is 1.67. The number of nitrogens with zero attached hydrogens (tertiary/aromatic N) is 4. The fourth-order valence-corrected chi connectivity index (χ4v) is 3.81. The Morgan fingerprint density at radius 1 is 1.19 bits per heavy atom. The molecule has 2 aromatic carbocycles. The molecule has 1 atom stereocenters. The number of nitriles is 1. The summed E-state index contributed by atoms with van der Waals surface area (Å²) in [5.41, 5.74) is 7.91. The lowest BCUT2D eigenvalue weighted by Crippen LogP contribution is -2.26. The third-order valence-electron chi connectivity index (χ3n) is 5.33. The summed E-state index contributed by atoms with van der Waals surface area (Å²) in [4.78, 5) is 21.7. The molecule has 4 N–H and O–H groups in total. The third-order valence-corrected chi connectivity index (χ3v) is 5.33. The van der Waals surface area contributed by atoms with Crippen molar-refractivity contribution in [2.75, 3.05) is 11.1 Å². The van der Waals surface area contributed by atoms with Crippen molar-refractivity contribution in [3.05, 3.63) is 88.1 Å². The van der Waals surface area contributed by atoms with Crippen LogP contribution in [-0.2, 0) is 0 Å². The molecule has 2 heterocycles. The predicted molar refractivity (Wildman–Crippen MR) is 125 cm³/mol. The Morgan fingerprint density at radius 2 is 1.94 bits per heavy atom. The molecule has 0 spiro atoms. The van der Waals surface area contributed by atoms with Gasteiger partial charge in [0, 0.05) is 11.4 Å². The number of anilines is 2. The van der Waals surface area contributed by atoms with E-state index in [0.717, 1.165) is 16.6 Å². The van der Waals surface area contributed by atoms with E-state index in [-0.39, 0.29) is 28.5 Å². The quantitative estimate of drug-likeness (QED) is 0.419. The fourth-order valence-electron chi connectivity index (χ4n) is 3.81. The molecule has 2 aromatic heterocycles. The molecule has 0 amide bonds. The zero-order valence-electron chi connectivity index (χ0n) is 17.6. The van der Waals surface area contributed by atoms with Crippen molar-refractivity contribution in [1.29, 1.82) is 10.7 Å². The highest BCUT2D eigenvalue weighted by Crippen LogP contribution is 2.27. The molecular weight excluding hydrogens is 402 g/mol. The highest BCUT2D eigenvalue weighted by Gasteiger charge is 2.20. The number of fused-ring (bicyclic) bond motifs is 1. The molecule has 8 nitrogen and oxygen atoms in total. The molecule has 0 saturated carbocycles. The van der Waals surface area contributed by atoms with Crippen molar-refractivity contribution in [3.63, 3.8) is 0 Å². The van der Waals surface area contributed by atoms with Crippen LogP contribution in [0.4, 0.5) is 11.6 Å². The van der Waals surface area contributed by atoms with Gasteiger partial charge in [-0.05, 0) is 43.0 Å². The average Bonchev–Trinajstić information content (AvgIpc) is 2.79. The molecular formula is C24H21N7O. The van der Waals surface area contributed by atoms with Crippen molar-refractivity contribution in [1.82, 2.24) is 14.5 Å². The first-order valence-corrected chi connectivity index (χ1v) is 9.99. The number of rotatable bonds is 5. The van der Waals surface area contributed by atoms with Gasteiger partial charge in [-0.2, -0.15) is 5.26 Å². The van der Waals surface area contributed by atoms with E-state index in [1.54, 1.807) is 10.6 Å². The minimum Gasteiger partial charge on any atom is -0.383 e. The number of hydrogen-bond acceptors (Lipinski definition) is 7. The van der Waals surface area contributed by atoms with Crippen LogP contribution >= 0.6 is 0 Å². The molecule has 0 aliphatic heterocycles. The lowest BCUT2D eigenvalue weighted by atomic mass is 10.0. The van der Waals surface area contributed by atoms with Gasteiger partial charge in [-0.15, -0.1) is 0 Å². The van der Waals surface area contributed by atoms with Gasteiger partial charge in [-0.3, -0.25) is 14.8 Å². The van der Waals surface area contributed by atoms with Crippen LogP contribution < -0.4 is 16.6 Å². The van der Waals surface area contributed by atoms with Crippen LogP contribution in [0.5, 0.6) is 0 Å². The van der Waals surface area contributed by atoms with Crippen LogP contribution in [0.25, 0.3) is 16.5 Å². The van der Waals surface area contributed by atoms with Crippen LogP contribution in [0, 0.1) is 23.7 Å². The molecule has 158 valence electrons.